The number of halogens is 3. The van der Waals surface area contributed by atoms with Crippen molar-refractivity contribution in [1.29, 1.82) is 0 Å². The number of ether oxygens (including phenoxy) is 1. The lowest BCUT2D eigenvalue weighted by molar-refractivity contribution is 0.307. The molecule has 2 rings (SSSR count). The van der Waals surface area contributed by atoms with Crippen molar-refractivity contribution >= 4 is 50.5 Å². The largest absolute Gasteiger partial charge is 0.492 e. The van der Waals surface area contributed by atoms with Crippen molar-refractivity contribution in [2.75, 3.05) is 6.61 Å². The van der Waals surface area contributed by atoms with Crippen LogP contribution >= 0.6 is 50.5 Å². The van der Waals surface area contributed by atoms with E-state index >= 15 is 0 Å². The maximum Gasteiger partial charge on any atom is 0.139 e. The van der Waals surface area contributed by atoms with E-state index in [0.29, 0.717) is 17.5 Å². The van der Waals surface area contributed by atoms with E-state index in [0.717, 1.165) is 40.2 Å². The molecular weight excluding hydrogens is 381 g/mol. The van der Waals surface area contributed by atoms with Crippen molar-refractivity contribution in [3.05, 3.63) is 43.8 Å². The molecule has 1 heterocycles. The summed E-state index contributed by atoms with van der Waals surface area (Å²) in [5.74, 6) is 1.21. The van der Waals surface area contributed by atoms with E-state index in [-0.39, 0.29) is 0 Å². The molecule has 0 atom stereocenters. The Hall–Kier alpha value is -0.290. The zero-order valence-electron chi connectivity index (χ0n) is 10.7. The van der Waals surface area contributed by atoms with Gasteiger partial charge in [0.1, 0.15) is 5.75 Å². The predicted octanol–water partition coefficient (Wildman–Crippen LogP) is 5.70. The van der Waals surface area contributed by atoms with Crippen molar-refractivity contribution in [2.45, 2.75) is 25.1 Å². The summed E-state index contributed by atoms with van der Waals surface area (Å²) in [6.07, 6.45) is 2.98. The molecule has 1 aromatic carbocycles. The average Bonchev–Trinajstić information content (AvgIpc) is 2.90. The fourth-order valence-electron chi connectivity index (χ4n) is 1.67. The van der Waals surface area contributed by atoms with Gasteiger partial charge in [-0.15, -0.1) is 22.9 Å². The minimum atomic E-state index is 0.487. The Kier molecular flexibility index (Phi) is 6.62. The Morgan fingerprint density at radius 2 is 2.15 bits per heavy atom. The molecule has 0 aliphatic carbocycles. The molecule has 0 saturated heterocycles. The summed E-state index contributed by atoms with van der Waals surface area (Å²) in [5.41, 5.74) is 0.962. The van der Waals surface area contributed by atoms with Gasteiger partial charge in [-0.2, -0.15) is 0 Å². The van der Waals surface area contributed by atoms with E-state index in [1.54, 1.807) is 11.3 Å². The maximum absolute atomic E-state index is 6.06. The van der Waals surface area contributed by atoms with Crippen LogP contribution in [0.3, 0.4) is 0 Å². The maximum atomic E-state index is 6.06. The first-order valence-corrected chi connectivity index (χ1v) is 8.84. The Bertz CT molecular complexity index is 562. The molecule has 0 fully saturated rings. The molecule has 1 aromatic heterocycles. The number of hydrogen-bond acceptors (Lipinski definition) is 3. The van der Waals surface area contributed by atoms with Gasteiger partial charge in [-0.3, -0.25) is 0 Å². The van der Waals surface area contributed by atoms with Crippen molar-refractivity contribution in [1.82, 2.24) is 4.98 Å². The van der Waals surface area contributed by atoms with E-state index in [4.69, 9.17) is 27.9 Å². The van der Waals surface area contributed by atoms with E-state index in [2.05, 4.69) is 20.9 Å². The number of thiazole rings is 1. The van der Waals surface area contributed by atoms with Crippen molar-refractivity contribution in [3.8, 4) is 5.75 Å². The van der Waals surface area contributed by atoms with Crippen LogP contribution in [0.15, 0.2) is 28.1 Å². The summed E-state index contributed by atoms with van der Waals surface area (Å²) in [6, 6.07) is 5.60. The minimum Gasteiger partial charge on any atom is -0.492 e. The van der Waals surface area contributed by atoms with Gasteiger partial charge >= 0.3 is 0 Å². The van der Waals surface area contributed by atoms with Crippen LogP contribution in [0.2, 0.25) is 5.02 Å². The van der Waals surface area contributed by atoms with E-state index in [9.17, 15) is 0 Å². The van der Waals surface area contributed by atoms with Gasteiger partial charge < -0.3 is 4.74 Å². The highest BCUT2D eigenvalue weighted by molar-refractivity contribution is 9.10. The molecule has 0 unspecified atom stereocenters. The summed E-state index contributed by atoms with van der Waals surface area (Å²) in [5, 5.41) is 3.79. The smallest absolute Gasteiger partial charge is 0.139 e. The number of aryl methyl sites for hydroxylation is 1. The molecule has 2 nitrogen and oxygen atoms in total. The first-order valence-electron chi connectivity index (χ1n) is 6.26. The number of rotatable bonds is 7. The molecule has 20 heavy (non-hydrogen) atoms. The molecule has 0 radical (unpaired) electrons. The lowest BCUT2D eigenvalue weighted by Crippen LogP contribution is -1.99. The zero-order chi connectivity index (χ0) is 14.4. The standard InChI is InChI=1S/C14H14BrCl2NOS/c15-10-4-5-12(17)13(7-10)19-6-2-1-3-14-18-11(8-16)9-20-14/h4-5,7,9H,1-3,6,8H2. The van der Waals surface area contributed by atoms with Crippen LogP contribution < -0.4 is 4.74 Å². The number of nitrogens with zero attached hydrogens (tertiary/aromatic N) is 1. The van der Waals surface area contributed by atoms with Crippen LogP contribution in [0.5, 0.6) is 5.75 Å². The lowest BCUT2D eigenvalue weighted by atomic mass is 10.2. The fraction of sp³-hybridized carbons (Fsp3) is 0.357. The molecule has 0 aliphatic rings. The lowest BCUT2D eigenvalue weighted by Gasteiger charge is -2.08. The second-order valence-electron chi connectivity index (χ2n) is 4.25. The summed E-state index contributed by atoms with van der Waals surface area (Å²) in [7, 11) is 0. The van der Waals surface area contributed by atoms with Crippen LogP contribution in [-0.4, -0.2) is 11.6 Å². The predicted molar refractivity (Wildman–Crippen MR) is 89.3 cm³/mol. The highest BCUT2D eigenvalue weighted by Crippen LogP contribution is 2.28. The molecule has 108 valence electrons. The molecule has 0 amide bonds. The molecular formula is C14H14BrCl2NOS. The Morgan fingerprint density at radius 3 is 2.90 bits per heavy atom. The number of alkyl halides is 1. The normalized spacial score (nSPS) is 10.8. The number of hydrogen-bond donors (Lipinski definition) is 0. The van der Waals surface area contributed by atoms with Crippen LogP contribution in [0.4, 0.5) is 0 Å². The first kappa shape index (κ1) is 16.1. The summed E-state index contributed by atoms with van der Waals surface area (Å²) in [4.78, 5) is 4.43. The van der Waals surface area contributed by atoms with Gasteiger partial charge in [0.2, 0.25) is 0 Å². The Labute approximate surface area is 141 Å². The third-order valence-electron chi connectivity index (χ3n) is 2.67. The second kappa shape index (κ2) is 8.23. The van der Waals surface area contributed by atoms with Gasteiger partial charge in [0, 0.05) is 9.85 Å². The van der Waals surface area contributed by atoms with E-state index in [1.165, 1.54) is 0 Å². The minimum absolute atomic E-state index is 0.487. The van der Waals surface area contributed by atoms with E-state index < -0.39 is 0 Å². The highest BCUT2D eigenvalue weighted by Gasteiger charge is 2.03. The number of benzene rings is 1. The molecule has 0 N–H and O–H groups in total. The van der Waals surface area contributed by atoms with Crippen LogP contribution in [0, 0.1) is 0 Å². The molecule has 0 spiro atoms. The van der Waals surface area contributed by atoms with Crippen LogP contribution in [-0.2, 0) is 12.3 Å². The van der Waals surface area contributed by atoms with Crippen molar-refractivity contribution in [3.63, 3.8) is 0 Å². The van der Waals surface area contributed by atoms with E-state index in [1.807, 2.05) is 23.6 Å². The topological polar surface area (TPSA) is 22.1 Å². The molecule has 6 heteroatoms. The van der Waals surface area contributed by atoms with Gasteiger partial charge in [-0.25, -0.2) is 4.98 Å². The molecule has 0 bridgehead atoms. The Balaban J connectivity index is 1.70. The number of unbranched alkanes of at least 4 members (excludes halogenated alkanes) is 1. The van der Waals surface area contributed by atoms with Gasteiger partial charge in [-0.1, -0.05) is 27.5 Å². The van der Waals surface area contributed by atoms with Crippen LogP contribution in [0.25, 0.3) is 0 Å². The van der Waals surface area contributed by atoms with Gasteiger partial charge in [0.25, 0.3) is 0 Å². The summed E-state index contributed by atoms with van der Waals surface area (Å²) < 4.78 is 6.65. The summed E-state index contributed by atoms with van der Waals surface area (Å²) >= 11 is 16.9. The van der Waals surface area contributed by atoms with Gasteiger partial charge in [0.15, 0.2) is 0 Å². The van der Waals surface area contributed by atoms with Gasteiger partial charge in [0.05, 0.1) is 28.2 Å². The Morgan fingerprint density at radius 1 is 1.30 bits per heavy atom. The quantitative estimate of drug-likeness (QED) is 0.443. The van der Waals surface area contributed by atoms with Crippen LogP contribution in [0.1, 0.15) is 23.5 Å². The van der Waals surface area contributed by atoms with Crippen molar-refractivity contribution < 1.29 is 4.74 Å². The summed E-state index contributed by atoms with van der Waals surface area (Å²) in [6.45, 7) is 0.657. The molecule has 0 aliphatic heterocycles. The van der Waals surface area contributed by atoms with Gasteiger partial charge in [-0.05, 0) is 37.5 Å². The molecule has 2 aromatic rings. The zero-order valence-corrected chi connectivity index (χ0v) is 14.7. The average molecular weight is 395 g/mol. The SMILES string of the molecule is ClCc1csc(CCCCOc2cc(Br)ccc2Cl)n1. The fourth-order valence-corrected chi connectivity index (χ4v) is 3.25. The third-order valence-corrected chi connectivity index (χ3v) is 4.71. The van der Waals surface area contributed by atoms with Crippen molar-refractivity contribution in [2.24, 2.45) is 0 Å². The third kappa shape index (κ3) is 4.92. The first-order chi connectivity index (χ1) is 9.69. The monoisotopic (exact) mass is 393 g/mol. The molecule has 0 saturated carbocycles. The highest BCUT2D eigenvalue weighted by atomic mass is 79.9. The number of aromatic nitrogens is 1. The second-order valence-corrected chi connectivity index (χ2v) is 6.78.